The van der Waals surface area contributed by atoms with Gasteiger partial charge in [0.2, 0.25) is 0 Å². The molecule has 0 saturated heterocycles. The molecule has 2 heterocycles. The highest BCUT2D eigenvalue weighted by Gasteiger charge is 2.03. The summed E-state index contributed by atoms with van der Waals surface area (Å²) in [5, 5.41) is 4.11. The van der Waals surface area contributed by atoms with Crippen LogP contribution in [0.3, 0.4) is 0 Å². The fourth-order valence-corrected chi connectivity index (χ4v) is 1.24. The predicted octanol–water partition coefficient (Wildman–Crippen LogP) is 0.530. The number of hydrogen-bond donors (Lipinski definition) is 1. The van der Waals surface area contributed by atoms with Crippen molar-refractivity contribution in [3.05, 3.63) is 22.9 Å². The van der Waals surface area contributed by atoms with E-state index in [0.29, 0.717) is 11.0 Å². The Morgan fingerprint density at radius 2 is 2.46 bits per heavy atom. The van der Waals surface area contributed by atoms with Crippen LogP contribution < -0.4 is 5.56 Å². The molecule has 0 fully saturated rings. The second kappa shape index (κ2) is 3.01. The van der Waals surface area contributed by atoms with Gasteiger partial charge in [-0.3, -0.25) is 9.48 Å². The van der Waals surface area contributed by atoms with E-state index < -0.39 is 0 Å². The smallest absolute Gasteiger partial charge is 0.279 e. The van der Waals surface area contributed by atoms with Gasteiger partial charge in [-0.2, -0.15) is 5.10 Å². The maximum atomic E-state index is 11.2. The fraction of sp³-hybridized carbons (Fsp3) is 0.375. The van der Waals surface area contributed by atoms with Crippen LogP contribution in [-0.4, -0.2) is 19.7 Å². The average molecular weight is 178 g/mol. The van der Waals surface area contributed by atoms with E-state index in [4.69, 9.17) is 0 Å². The van der Waals surface area contributed by atoms with Gasteiger partial charge in [0.05, 0.1) is 12.5 Å². The summed E-state index contributed by atoms with van der Waals surface area (Å²) >= 11 is 0. The molecule has 0 aromatic carbocycles. The van der Waals surface area contributed by atoms with Crippen molar-refractivity contribution in [1.82, 2.24) is 19.7 Å². The summed E-state index contributed by atoms with van der Waals surface area (Å²) in [6.07, 6.45) is 4.17. The van der Waals surface area contributed by atoms with E-state index in [0.717, 1.165) is 13.0 Å². The quantitative estimate of drug-likeness (QED) is 0.729. The summed E-state index contributed by atoms with van der Waals surface area (Å²) < 4.78 is 1.74. The highest BCUT2D eigenvalue weighted by atomic mass is 16.1. The number of aryl methyl sites for hydroxylation is 1. The zero-order chi connectivity index (χ0) is 9.26. The predicted molar refractivity (Wildman–Crippen MR) is 48.4 cm³/mol. The van der Waals surface area contributed by atoms with Gasteiger partial charge in [-0.15, -0.1) is 0 Å². The van der Waals surface area contributed by atoms with Gasteiger partial charge in [0.1, 0.15) is 5.52 Å². The molecule has 0 spiro atoms. The minimum absolute atomic E-state index is 0.181. The van der Waals surface area contributed by atoms with E-state index in [1.807, 2.05) is 0 Å². The molecule has 2 aromatic rings. The summed E-state index contributed by atoms with van der Waals surface area (Å²) in [5.74, 6) is 0. The van der Waals surface area contributed by atoms with Crippen molar-refractivity contribution in [2.24, 2.45) is 0 Å². The van der Waals surface area contributed by atoms with Crippen molar-refractivity contribution in [1.29, 1.82) is 0 Å². The van der Waals surface area contributed by atoms with Crippen molar-refractivity contribution in [3.63, 3.8) is 0 Å². The first-order valence-electron chi connectivity index (χ1n) is 4.22. The molecular formula is C8H10N4O. The maximum Gasteiger partial charge on any atom is 0.279 e. The average Bonchev–Trinajstić information content (AvgIpc) is 2.49. The van der Waals surface area contributed by atoms with Crippen LogP contribution in [0.15, 0.2) is 17.3 Å². The number of H-pyrrole nitrogens is 1. The van der Waals surface area contributed by atoms with Gasteiger partial charge >= 0.3 is 0 Å². The minimum atomic E-state index is -0.181. The van der Waals surface area contributed by atoms with E-state index >= 15 is 0 Å². The molecule has 5 heteroatoms. The molecule has 2 rings (SSSR count). The molecule has 0 unspecified atom stereocenters. The van der Waals surface area contributed by atoms with Crippen LogP contribution in [0.4, 0.5) is 0 Å². The SMILES string of the molecule is CCCn1cc2nc[nH]c(=O)c2n1. The number of nitrogens with zero attached hydrogens (tertiary/aromatic N) is 3. The molecule has 1 N–H and O–H groups in total. The molecule has 68 valence electrons. The van der Waals surface area contributed by atoms with E-state index in [1.165, 1.54) is 6.33 Å². The van der Waals surface area contributed by atoms with Crippen LogP contribution in [0, 0.1) is 0 Å². The van der Waals surface area contributed by atoms with Crippen LogP contribution in [0.1, 0.15) is 13.3 Å². The number of nitrogens with one attached hydrogen (secondary N) is 1. The molecule has 0 aliphatic rings. The molecule has 0 bridgehead atoms. The van der Waals surface area contributed by atoms with Gasteiger partial charge < -0.3 is 4.98 Å². The largest absolute Gasteiger partial charge is 0.311 e. The number of aromatic nitrogens is 4. The number of rotatable bonds is 2. The lowest BCUT2D eigenvalue weighted by Gasteiger charge is -1.92. The van der Waals surface area contributed by atoms with Gasteiger partial charge in [0.25, 0.3) is 5.56 Å². The summed E-state index contributed by atoms with van der Waals surface area (Å²) in [4.78, 5) is 17.7. The van der Waals surface area contributed by atoms with Gasteiger partial charge in [-0.25, -0.2) is 4.98 Å². The van der Waals surface area contributed by atoms with Crippen LogP contribution >= 0.6 is 0 Å². The molecule has 0 atom stereocenters. The Labute approximate surface area is 74.4 Å². The van der Waals surface area contributed by atoms with E-state index in [2.05, 4.69) is 22.0 Å². The number of hydrogen-bond acceptors (Lipinski definition) is 3. The van der Waals surface area contributed by atoms with Crippen LogP contribution in [-0.2, 0) is 6.54 Å². The molecule has 0 amide bonds. The van der Waals surface area contributed by atoms with Gasteiger partial charge in [0.15, 0.2) is 5.52 Å². The van der Waals surface area contributed by atoms with Gasteiger partial charge in [0, 0.05) is 6.54 Å². The number of fused-ring (bicyclic) bond motifs is 1. The molecule has 0 radical (unpaired) electrons. The molecule has 2 aromatic heterocycles. The zero-order valence-electron chi connectivity index (χ0n) is 7.32. The first kappa shape index (κ1) is 7.97. The second-order valence-electron chi connectivity index (χ2n) is 2.86. The normalized spacial score (nSPS) is 10.8. The Bertz CT molecular complexity index is 470. The lowest BCUT2D eigenvalue weighted by Crippen LogP contribution is -2.06. The third kappa shape index (κ3) is 1.32. The summed E-state index contributed by atoms with van der Waals surface area (Å²) in [7, 11) is 0. The maximum absolute atomic E-state index is 11.2. The monoisotopic (exact) mass is 178 g/mol. The Morgan fingerprint density at radius 3 is 3.15 bits per heavy atom. The Kier molecular flexibility index (Phi) is 1.84. The lowest BCUT2D eigenvalue weighted by atomic mass is 10.5. The van der Waals surface area contributed by atoms with Crippen molar-refractivity contribution in [3.8, 4) is 0 Å². The van der Waals surface area contributed by atoms with E-state index in [1.54, 1.807) is 10.9 Å². The molecule has 0 saturated carbocycles. The molecule has 5 nitrogen and oxygen atoms in total. The second-order valence-corrected chi connectivity index (χ2v) is 2.86. The van der Waals surface area contributed by atoms with Crippen LogP contribution in [0.5, 0.6) is 0 Å². The highest BCUT2D eigenvalue weighted by Crippen LogP contribution is 2.02. The van der Waals surface area contributed by atoms with Crippen molar-refractivity contribution < 1.29 is 0 Å². The minimum Gasteiger partial charge on any atom is -0.311 e. The van der Waals surface area contributed by atoms with Gasteiger partial charge in [-0.1, -0.05) is 6.92 Å². The number of aromatic amines is 1. The zero-order valence-corrected chi connectivity index (χ0v) is 7.32. The molecule has 0 aliphatic heterocycles. The summed E-state index contributed by atoms with van der Waals surface area (Å²) in [6.45, 7) is 2.87. The van der Waals surface area contributed by atoms with Crippen molar-refractivity contribution >= 4 is 11.0 Å². The molecule has 0 aliphatic carbocycles. The first-order valence-corrected chi connectivity index (χ1v) is 4.22. The molecule has 13 heavy (non-hydrogen) atoms. The first-order chi connectivity index (χ1) is 6.31. The molecular weight excluding hydrogens is 168 g/mol. The van der Waals surface area contributed by atoms with Crippen LogP contribution in [0.2, 0.25) is 0 Å². The summed E-state index contributed by atoms with van der Waals surface area (Å²) in [5.41, 5.74) is 0.882. The topological polar surface area (TPSA) is 63.6 Å². The Balaban J connectivity index is 2.62. The van der Waals surface area contributed by atoms with Crippen LogP contribution in [0.25, 0.3) is 11.0 Å². The van der Waals surface area contributed by atoms with Crippen molar-refractivity contribution in [2.75, 3.05) is 0 Å². The van der Waals surface area contributed by atoms with E-state index in [-0.39, 0.29) is 5.56 Å². The van der Waals surface area contributed by atoms with Crippen molar-refractivity contribution in [2.45, 2.75) is 19.9 Å². The standard InChI is InChI=1S/C8H10N4O/c1-2-3-12-4-6-7(11-12)8(13)10-5-9-6/h4-5H,2-3H2,1H3,(H,9,10,13). The third-order valence-electron chi connectivity index (χ3n) is 1.81. The fourth-order valence-electron chi connectivity index (χ4n) is 1.24. The lowest BCUT2D eigenvalue weighted by molar-refractivity contribution is 0.608. The third-order valence-corrected chi connectivity index (χ3v) is 1.81. The van der Waals surface area contributed by atoms with Gasteiger partial charge in [-0.05, 0) is 6.42 Å². The van der Waals surface area contributed by atoms with E-state index in [9.17, 15) is 4.79 Å². The highest BCUT2D eigenvalue weighted by molar-refractivity contribution is 5.71. The Hall–Kier alpha value is -1.65. The Morgan fingerprint density at radius 1 is 1.62 bits per heavy atom. The summed E-state index contributed by atoms with van der Waals surface area (Å²) in [6, 6.07) is 0.